The maximum Gasteiger partial charge on any atom is 0.326 e. The van der Waals surface area contributed by atoms with E-state index in [1.165, 1.54) is 6.92 Å². The van der Waals surface area contributed by atoms with Crippen molar-refractivity contribution >= 4 is 35.6 Å². The fraction of sp³-hybridized carbons (Fsp3) is 0.625. The Hall–Kier alpha value is -3.22. The Bertz CT molecular complexity index is 697. The minimum absolute atomic E-state index is 0.216. The number of carbonyl (C=O) groups excluding carboxylic acids is 4. The molecule has 0 aromatic carbocycles. The zero-order valence-corrected chi connectivity index (χ0v) is 15.8. The predicted molar refractivity (Wildman–Crippen MR) is 95.9 cm³/mol. The number of nitrogens with zero attached hydrogens (tertiary/aromatic N) is 1. The van der Waals surface area contributed by atoms with Crippen molar-refractivity contribution < 1.29 is 39.0 Å². The minimum atomic E-state index is -1.57. The number of hydrogen-bond donors (Lipinski definition) is 6. The number of carboxylic acids is 2. The van der Waals surface area contributed by atoms with Crippen LogP contribution in [0.1, 0.15) is 32.6 Å². The molecular weight excluding hydrogens is 390 g/mol. The molecule has 4 amide bonds. The first-order chi connectivity index (χ1) is 13.4. The molecule has 0 radical (unpaired) electrons. The monoisotopic (exact) mass is 415 g/mol. The van der Waals surface area contributed by atoms with Gasteiger partial charge in [-0.05, 0) is 19.8 Å². The highest BCUT2D eigenvalue weighted by atomic mass is 16.4. The summed E-state index contributed by atoms with van der Waals surface area (Å²) in [6, 6.07) is -5.10. The molecule has 1 fully saturated rings. The summed E-state index contributed by atoms with van der Waals surface area (Å²) in [5.41, 5.74) is 10.4. The summed E-state index contributed by atoms with van der Waals surface area (Å²) in [4.78, 5) is 71.0. The van der Waals surface area contributed by atoms with Crippen molar-refractivity contribution in [1.29, 1.82) is 0 Å². The molecule has 162 valence electrons. The predicted octanol–water partition coefficient (Wildman–Crippen LogP) is -3.27. The molecule has 29 heavy (non-hydrogen) atoms. The zero-order valence-electron chi connectivity index (χ0n) is 15.8. The van der Waals surface area contributed by atoms with Crippen LogP contribution >= 0.6 is 0 Å². The summed E-state index contributed by atoms with van der Waals surface area (Å²) in [6.45, 7) is 1.53. The number of hydrogen-bond acceptors (Lipinski definition) is 7. The molecule has 1 saturated heterocycles. The van der Waals surface area contributed by atoms with Crippen LogP contribution in [0, 0.1) is 0 Å². The fourth-order valence-corrected chi connectivity index (χ4v) is 2.88. The number of nitrogens with two attached hydrogens (primary N) is 2. The van der Waals surface area contributed by atoms with Crippen molar-refractivity contribution in [2.45, 2.75) is 56.8 Å². The van der Waals surface area contributed by atoms with Gasteiger partial charge in [0.2, 0.25) is 23.6 Å². The van der Waals surface area contributed by atoms with Crippen LogP contribution in [0.25, 0.3) is 0 Å². The van der Waals surface area contributed by atoms with Crippen molar-refractivity contribution in [3.63, 3.8) is 0 Å². The second-order valence-electron chi connectivity index (χ2n) is 6.69. The second-order valence-corrected chi connectivity index (χ2v) is 6.69. The van der Waals surface area contributed by atoms with E-state index in [2.05, 4.69) is 10.6 Å². The van der Waals surface area contributed by atoms with Gasteiger partial charge in [0.25, 0.3) is 0 Å². The summed E-state index contributed by atoms with van der Waals surface area (Å²) in [5, 5.41) is 22.5. The molecule has 0 bridgehead atoms. The average Bonchev–Trinajstić information content (AvgIpc) is 3.09. The van der Waals surface area contributed by atoms with Crippen LogP contribution in [0.5, 0.6) is 0 Å². The third kappa shape index (κ3) is 7.03. The molecule has 13 heteroatoms. The van der Waals surface area contributed by atoms with E-state index in [9.17, 15) is 28.8 Å². The molecule has 1 aliphatic heterocycles. The molecule has 8 N–H and O–H groups in total. The van der Waals surface area contributed by atoms with Gasteiger partial charge in [0.1, 0.15) is 18.1 Å². The Kier molecular flexibility index (Phi) is 8.51. The first kappa shape index (κ1) is 23.8. The van der Waals surface area contributed by atoms with Crippen LogP contribution in [-0.4, -0.2) is 81.4 Å². The number of primary amides is 1. The number of likely N-dealkylation sites (tertiary alicyclic amines) is 1. The lowest BCUT2D eigenvalue weighted by molar-refractivity contribution is -0.149. The zero-order chi connectivity index (χ0) is 22.3. The van der Waals surface area contributed by atoms with E-state index in [4.69, 9.17) is 21.7 Å². The number of carbonyl (C=O) groups is 6. The molecule has 0 saturated carbocycles. The van der Waals surface area contributed by atoms with Crippen LogP contribution in [0.15, 0.2) is 0 Å². The molecule has 0 aromatic heterocycles. The molecule has 0 aliphatic carbocycles. The van der Waals surface area contributed by atoms with Crippen molar-refractivity contribution in [2.24, 2.45) is 11.5 Å². The summed E-state index contributed by atoms with van der Waals surface area (Å²) in [5.74, 6) is -6.00. The maximum absolute atomic E-state index is 12.5. The van der Waals surface area contributed by atoms with Gasteiger partial charge in [-0.1, -0.05) is 0 Å². The number of aliphatic carboxylic acids is 2. The molecule has 4 atom stereocenters. The van der Waals surface area contributed by atoms with Gasteiger partial charge >= 0.3 is 11.9 Å². The molecular formula is C16H25N5O8. The summed E-state index contributed by atoms with van der Waals surface area (Å²) >= 11 is 0. The highest BCUT2D eigenvalue weighted by Gasteiger charge is 2.37. The lowest BCUT2D eigenvalue weighted by Crippen LogP contribution is -2.57. The Morgan fingerprint density at radius 2 is 1.69 bits per heavy atom. The van der Waals surface area contributed by atoms with Crippen LogP contribution in [0.3, 0.4) is 0 Å². The normalized spacial score (nSPS) is 19.0. The standard InChI is InChI=1S/C16H25N5O8/c1-7(15(27)21-4-2-3-10(21)16(28)29)19-14(26)9(6-12(23)24)20-13(25)8(17)5-11(18)22/h7-10H,2-6,17H2,1H3,(H2,18,22)(H,19,26)(H,20,25)(H,23,24)(H,28,29). The summed E-state index contributed by atoms with van der Waals surface area (Å²) < 4.78 is 0. The summed E-state index contributed by atoms with van der Waals surface area (Å²) in [6.07, 6.45) is -0.521. The molecule has 4 unspecified atom stereocenters. The fourth-order valence-electron chi connectivity index (χ4n) is 2.88. The first-order valence-electron chi connectivity index (χ1n) is 8.83. The van der Waals surface area contributed by atoms with Crippen LogP contribution < -0.4 is 22.1 Å². The molecule has 1 rings (SSSR count). The van der Waals surface area contributed by atoms with Crippen molar-refractivity contribution in [3.8, 4) is 0 Å². The van der Waals surface area contributed by atoms with Crippen molar-refractivity contribution in [2.75, 3.05) is 6.54 Å². The smallest absolute Gasteiger partial charge is 0.326 e. The molecule has 1 heterocycles. The Balaban J connectivity index is 2.79. The Morgan fingerprint density at radius 3 is 2.21 bits per heavy atom. The van der Waals surface area contributed by atoms with Gasteiger partial charge in [-0.25, -0.2) is 4.79 Å². The van der Waals surface area contributed by atoms with Crippen LogP contribution in [0.2, 0.25) is 0 Å². The number of carboxylic acid groups (broad SMARTS) is 2. The lowest BCUT2D eigenvalue weighted by Gasteiger charge is -2.26. The quantitative estimate of drug-likeness (QED) is 0.210. The summed E-state index contributed by atoms with van der Waals surface area (Å²) in [7, 11) is 0. The van der Waals surface area contributed by atoms with E-state index in [1.54, 1.807) is 0 Å². The first-order valence-corrected chi connectivity index (χ1v) is 8.83. The van der Waals surface area contributed by atoms with Gasteiger partial charge in [-0.2, -0.15) is 0 Å². The number of nitrogens with one attached hydrogen (secondary N) is 2. The lowest BCUT2D eigenvalue weighted by atomic mass is 10.1. The third-order valence-corrected chi connectivity index (χ3v) is 4.32. The van der Waals surface area contributed by atoms with E-state index in [0.29, 0.717) is 6.42 Å². The Labute approximate surface area is 165 Å². The third-order valence-electron chi connectivity index (χ3n) is 4.32. The largest absolute Gasteiger partial charge is 0.481 e. The average molecular weight is 415 g/mol. The van der Waals surface area contributed by atoms with Crippen molar-refractivity contribution in [1.82, 2.24) is 15.5 Å². The maximum atomic E-state index is 12.5. The highest BCUT2D eigenvalue weighted by Crippen LogP contribution is 2.18. The van der Waals surface area contributed by atoms with Gasteiger partial charge < -0.3 is 37.2 Å². The SMILES string of the molecule is CC(NC(=O)C(CC(=O)O)NC(=O)C(N)CC(N)=O)C(=O)N1CCCC1C(=O)O. The van der Waals surface area contributed by atoms with E-state index in [1.807, 2.05) is 0 Å². The minimum Gasteiger partial charge on any atom is -0.481 e. The second kappa shape index (κ2) is 10.4. The van der Waals surface area contributed by atoms with Gasteiger partial charge in [0.05, 0.1) is 18.9 Å². The highest BCUT2D eigenvalue weighted by molar-refractivity contribution is 5.96. The van der Waals surface area contributed by atoms with Gasteiger partial charge in [-0.15, -0.1) is 0 Å². The van der Waals surface area contributed by atoms with Gasteiger partial charge in [0, 0.05) is 6.54 Å². The van der Waals surface area contributed by atoms with E-state index in [-0.39, 0.29) is 13.0 Å². The van der Waals surface area contributed by atoms with Crippen LogP contribution in [0.4, 0.5) is 0 Å². The van der Waals surface area contributed by atoms with Gasteiger partial charge in [0.15, 0.2) is 0 Å². The van der Waals surface area contributed by atoms with Crippen LogP contribution in [-0.2, 0) is 28.8 Å². The molecule has 0 spiro atoms. The van der Waals surface area contributed by atoms with E-state index in [0.717, 1.165) is 4.90 Å². The van der Waals surface area contributed by atoms with E-state index < -0.39 is 72.6 Å². The number of rotatable bonds is 10. The van der Waals surface area contributed by atoms with Crippen molar-refractivity contribution in [3.05, 3.63) is 0 Å². The number of amides is 4. The van der Waals surface area contributed by atoms with Gasteiger partial charge in [-0.3, -0.25) is 24.0 Å². The topological polar surface area (TPSA) is 222 Å². The molecule has 0 aromatic rings. The molecule has 1 aliphatic rings. The molecule has 13 nitrogen and oxygen atoms in total. The van der Waals surface area contributed by atoms with E-state index >= 15 is 0 Å². The Morgan fingerprint density at radius 1 is 1.07 bits per heavy atom.